The lowest BCUT2D eigenvalue weighted by Crippen LogP contribution is -2.17. The van der Waals surface area contributed by atoms with Crippen LogP contribution in [0.2, 0.25) is 0 Å². The molecule has 0 atom stereocenters. The average molecular weight is 291 g/mol. The van der Waals surface area contributed by atoms with Crippen molar-refractivity contribution in [3.63, 3.8) is 0 Å². The second-order valence-electron chi connectivity index (χ2n) is 3.92. The first-order valence-corrected chi connectivity index (χ1v) is 6.46. The molecular weight excluding hydrogens is 276 g/mol. The average Bonchev–Trinajstić information content (AvgIpc) is 2.33. The lowest BCUT2D eigenvalue weighted by Gasteiger charge is -2.22. The molecule has 0 fully saturated rings. The number of aryl methyl sites for hydroxylation is 1. The molecule has 17 heavy (non-hydrogen) atoms. The predicted octanol–water partition coefficient (Wildman–Crippen LogP) is 4.31. The molecule has 1 aromatic heterocycles. The Hall–Kier alpha value is -1.35. The van der Waals surface area contributed by atoms with E-state index in [4.69, 9.17) is 0 Å². The topological polar surface area (TPSA) is 16.1 Å². The number of nitrogens with zero attached hydrogens (tertiary/aromatic N) is 2. The summed E-state index contributed by atoms with van der Waals surface area (Å²) >= 11 is 3.40. The van der Waals surface area contributed by atoms with Crippen molar-refractivity contribution in [1.29, 1.82) is 0 Å². The molecule has 0 saturated carbocycles. The molecule has 2 nitrogen and oxygen atoms in total. The van der Waals surface area contributed by atoms with Gasteiger partial charge in [0.1, 0.15) is 5.82 Å². The van der Waals surface area contributed by atoms with Crippen LogP contribution in [0.1, 0.15) is 12.5 Å². The van der Waals surface area contributed by atoms with Crippen LogP contribution < -0.4 is 4.90 Å². The number of aromatic nitrogens is 1. The molecule has 0 N–H and O–H groups in total. The van der Waals surface area contributed by atoms with Crippen molar-refractivity contribution in [1.82, 2.24) is 4.98 Å². The summed E-state index contributed by atoms with van der Waals surface area (Å²) in [6.07, 6.45) is 1.83. The van der Waals surface area contributed by atoms with Crippen LogP contribution in [0.5, 0.6) is 0 Å². The van der Waals surface area contributed by atoms with Gasteiger partial charge in [0.15, 0.2) is 0 Å². The molecule has 0 aliphatic rings. The first-order chi connectivity index (χ1) is 8.20. The van der Waals surface area contributed by atoms with Gasteiger partial charge < -0.3 is 4.90 Å². The third kappa shape index (κ3) is 2.86. The molecule has 2 rings (SSSR count). The number of anilines is 2. The quantitative estimate of drug-likeness (QED) is 0.837. The minimum absolute atomic E-state index is 0.901. The summed E-state index contributed by atoms with van der Waals surface area (Å²) in [5.41, 5.74) is 2.44. The Morgan fingerprint density at radius 3 is 2.65 bits per heavy atom. The standard InChI is InChI=1S/C14H15BrN2/c1-3-17(13-6-4-5-11(2)9-13)14-8-7-12(15)10-16-14/h4-10H,3H2,1-2H3. The largest absolute Gasteiger partial charge is 0.327 e. The van der Waals surface area contributed by atoms with E-state index in [-0.39, 0.29) is 0 Å². The van der Waals surface area contributed by atoms with Gasteiger partial charge in [-0.2, -0.15) is 0 Å². The van der Waals surface area contributed by atoms with Crippen molar-refractivity contribution in [3.05, 3.63) is 52.6 Å². The third-order valence-electron chi connectivity index (χ3n) is 2.62. The smallest absolute Gasteiger partial charge is 0.132 e. The highest BCUT2D eigenvalue weighted by Crippen LogP contribution is 2.24. The molecule has 1 aromatic carbocycles. The van der Waals surface area contributed by atoms with Crippen molar-refractivity contribution in [2.75, 3.05) is 11.4 Å². The molecule has 0 aliphatic carbocycles. The monoisotopic (exact) mass is 290 g/mol. The zero-order chi connectivity index (χ0) is 12.3. The Balaban J connectivity index is 2.36. The summed E-state index contributed by atoms with van der Waals surface area (Å²) in [4.78, 5) is 6.63. The van der Waals surface area contributed by atoms with E-state index in [9.17, 15) is 0 Å². The SMILES string of the molecule is CCN(c1cccc(C)c1)c1ccc(Br)cn1. The molecule has 0 bridgehead atoms. The van der Waals surface area contributed by atoms with Crippen molar-refractivity contribution < 1.29 is 0 Å². The van der Waals surface area contributed by atoms with Crippen LogP contribution in [-0.4, -0.2) is 11.5 Å². The zero-order valence-corrected chi connectivity index (χ0v) is 11.6. The van der Waals surface area contributed by atoms with E-state index in [0.29, 0.717) is 0 Å². The summed E-state index contributed by atoms with van der Waals surface area (Å²) in [6, 6.07) is 12.5. The number of benzene rings is 1. The Kier molecular flexibility index (Phi) is 3.79. The van der Waals surface area contributed by atoms with Crippen LogP contribution in [-0.2, 0) is 0 Å². The summed E-state index contributed by atoms with van der Waals surface area (Å²) in [7, 11) is 0. The van der Waals surface area contributed by atoms with E-state index in [0.717, 1.165) is 16.8 Å². The van der Waals surface area contributed by atoms with Gasteiger partial charge in [0.2, 0.25) is 0 Å². The van der Waals surface area contributed by atoms with Gasteiger partial charge >= 0.3 is 0 Å². The van der Waals surface area contributed by atoms with E-state index in [2.05, 4.69) is 63.9 Å². The molecule has 1 heterocycles. The van der Waals surface area contributed by atoms with E-state index in [1.807, 2.05) is 18.3 Å². The minimum atomic E-state index is 0.901. The van der Waals surface area contributed by atoms with Gasteiger partial charge in [-0.1, -0.05) is 12.1 Å². The van der Waals surface area contributed by atoms with Crippen molar-refractivity contribution in [2.45, 2.75) is 13.8 Å². The van der Waals surface area contributed by atoms with E-state index in [1.54, 1.807) is 0 Å². The highest BCUT2D eigenvalue weighted by atomic mass is 79.9. The number of rotatable bonds is 3. The number of hydrogen-bond donors (Lipinski definition) is 0. The van der Waals surface area contributed by atoms with Crippen molar-refractivity contribution in [3.8, 4) is 0 Å². The summed E-state index contributed by atoms with van der Waals surface area (Å²) < 4.78 is 1.00. The number of halogens is 1. The minimum Gasteiger partial charge on any atom is -0.327 e. The van der Waals surface area contributed by atoms with Crippen LogP contribution in [0.15, 0.2) is 47.1 Å². The van der Waals surface area contributed by atoms with Gasteiger partial charge in [-0.05, 0) is 59.6 Å². The molecule has 88 valence electrons. The lowest BCUT2D eigenvalue weighted by molar-refractivity contribution is 0.987. The molecule has 3 heteroatoms. The van der Waals surface area contributed by atoms with Crippen LogP contribution >= 0.6 is 15.9 Å². The molecule has 0 aliphatic heterocycles. The summed E-state index contributed by atoms with van der Waals surface area (Å²) in [5.74, 6) is 0.973. The predicted molar refractivity (Wildman–Crippen MR) is 75.8 cm³/mol. The van der Waals surface area contributed by atoms with E-state index < -0.39 is 0 Å². The van der Waals surface area contributed by atoms with Crippen LogP contribution in [0.4, 0.5) is 11.5 Å². The number of pyridine rings is 1. The van der Waals surface area contributed by atoms with Crippen LogP contribution in [0.25, 0.3) is 0 Å². The molecule has 2 aromatic rings. The van der Waals surface area contributed by atoms with E-state index in [1.165, 1.54) is 11.3 Å². The Bertz CT molecular complexity index is 494. The maximum absolute atomic E-state index is 4.43. The highest BCUT2D eigenvalue weighted by molar-refractivity contribution is 9.10. The van der Waals surface area contributed by atoms with E-state index >= 15 is 0 Å². The fraction of sp³-hybridized carbons (Fsp3) is 0.214. The van der Waals surface area contributed by atoms with Gasteiger partial charge in [0.05, 0.1) is 0 Å². The van der Waals surface area contributed by atoms with Gasteiger partial charge in [-0.25, -0.2) is 4.98 Å². The molecular formula is C14H15BrN2. The molecule has 0 saturated heterocycles. The van der Waals surface area contributed by atoms with Crippen LogP contribution in [0, 0.1) is 6.92 Å². The van der Waals surface area contributed by atoms with Gasteiger partial charge in [0.25, 0.3) is 0 Å². The van der Waals surface area contributed by atoms with Gasteiger partial charge in [0, 0.05) is 22.9 Å². The summed E-state index contributed by atoms with van der Waals surface area (Å²) in [5, 5.41) is 0. The lowest BCUT2D eigenvalue weighted by atomic mass is 10.2. The van der Waals surface area contributed by atoms with Crippen molar-refractivity contribution in [2.24, 2.45) is 0 Å². The maximum atomic E-state index is 4.43. The van der Waals surface area contributed by atoms with Gasteiger partial charge in [-0.3, -0.25) is 0 Å². The first-order valence-electron chi connectivity index (χ1n) is 5.66. The fourth-order valence-corrected chi connectivity index (χ4v) is 2.03. The summed E-state index contributed by atoms with van der Waals surface area (Å²) in [6.45, 7) is 5.14. The third-order valence-corrected chi connectivity index (χ3v) is 3.09. The molecule has 0 unspecified atom stereocenters. The second-order valence-corrected chi connectivity index (χ2v) is 4.83. The first kappa shape index (κ1) is 12.1. The second kappa shape index (κ2) is 5.32. The normalized spacial score (nSPS) is 10.3. The Labute approximate surface area is 110 Å². The molecule has 0 radical (unpaired) electrons. The molecule has 0 amide bonds. The van der Waals surface area contributed by atoms with Gasteiger partial charge in [-0.15, -0.1) is 0 Å². The zero-order valence-electron chi connectivity index (χ0n) is 10.0. The van der Waals surface area contributed by atoms with Crippen molar-refractivity contribution >= 4 is 27.4 Å². The maximum Gasteiger partial charge on any atom is 0.132 e. The highest BCUT2D eigenvalue weighted by Gasteiger charge is 2.07. The number of hydrogen-bond acceptors (Lipinski definition) is 2. The Morgan fingerprint density at radius 1 is 1.24 bits per heavy atom. The van der Waals surface area contributed by atoms with Crippen LogP contribution in [0.3, 0.4) is 0 Å². The Morgan fingerprint density at radius 2 is 2.06 bits per heavy atom. The fourth-order valence-electron chi connectivity index (χ4n) is 1.80. The molecule has 0 spiro atoms.